The Kier molecular flexibility index (Phi) is 4.40. The molecule has 2 rings (SSSR count). The van der Waals surface area contributed by atoms with Gasteiger partial charge in [0.1, 0.15) is 0 Å². The van der Waals surface area contributed by atoms with Gasteiger partial charge in [0.25, 0.3) is 0 Å². The highest BCUT2D eigenvalue weighted by molar-refractivity contribution is 7.89. The summed E-state index contributed by atoms with van der Waals surface area (Å²) in [6.07, 6.45) is 0.699. The smallest absolute Gasteiger partial charge is 0.211 e. The quantitative estimate of drug-likeness (QED) is 0.923. The van der Waals surface area contributed by atoms with Crippen LogP contribution >= 0.6 is 22.9 Å². The predicted octanol–water partition coefficient (Wildman–Crippen LogP) is 2.92. The second-order valence-corrected chi connectivity index (χ2v) is 6.92. The van der Waals surface area contributed by atoms with Crippen LogP contribution in [-0.2, 0) is 16.4 Å². The normalized spacial score (nSPS) is 11.6. The molecule has 1 aromatic carbocycles. The maximum absolute atomic E-state index is 11.9. The summed E-state index contributed by atoms with van der Waals surface area (Å²) < 4.78 is 26.4. The van der Waals surface area contributed by atoms with E-state index in [1.54, 1.807) is 23.5 Å². The van der Waals surface area contributed by atoms with E-state index in [1.807, 2.05) is 17.5 Å². The minimum atomic E-state index is -3.43. The lowest BCUT2D eigenvalue weighted by molar-refractivity contribution is 0.582. The van der Waals surface area contributed by atoms with Gasteiger partial charge < -0.3 is 0 Å². The van der Waals surface area contributed by atoms with Crippen LogP contribution in [0, 0.1) is 0 Å². The summed E-state index contributed by atoms with van der Waals surface area (Å²) in [5, 5.41) is 2.50. The first-order valence-corrected chi connectivity index (χ1v) is 8.09. The van der Waals surface area contributed by atoms with Gasteiger partial charge >= 0.3 is 0 Å². The van der Waals surface area contributed by atoms with Gasteiger partial charge in [0.2, 0.25) is 10.0 Å². The monoisotopic (exact) mass is 301 g/mol. The average molecular weight is 302 g/mol. The lowest BCUT2D eigenvalue weighted by Crippen LogP contribution is -2.25. The third-order valence-electron chi connectivity index (χ3n) is 2.37. The SMILES string of the molecule is O=S(=O)(NCCc1cccs1)c1ccc(Cl)cc1. The summed E-state index contributed by atoms with van der Waals surface area (Å²) in [6, 6.07) is 10.1. The number of rotatable bonds is 5. The molecule has 1 N–H and O–H groups in total. The Morgan fingerprint density at radius 2 is 1.89 bits per heavy atom. The van der Waals surface area contributed by atoms with Gasteiger partial charge in [-0.2, -0.15) is 0 Å². The molecule has 0 unspecified atom stereocenters. The van der Waals surface area contributed by atoms with Gasteiger partial charge in [-0.15, -0.1) is 11.3 Å². The Labute approximate surface area is 115 Å². The molecule has 0 saturated heterocycles. The molecular formula is C12H12ClNO2S2. The second kappa shape index (κ2) is 5.84. The lowest BCUT2D eigenvalue weighted by Gasteiger charge is -2.06. The number of benzene rings is 1. The largest absolute Gasteiger partial charge is 0.240 e. The molecule has 0 atom stereocenters. The van der Waals surface area contributed by atoms with Gasteiger partial charge in [-0.05, 0) is 42.1 Å². The predicted molar refractivity (Wildman–Crippen MR) is 74.7 cm³/mol. The molecule has 3 nitrogen and oxygen atoms in total. The zero-order valence-electron chi connectivity index (χ0n) is 9.47. The van der Waals surface area contributed by atoms with Crippen molar-refractivity contribution in [2.45, 2.75) is 11.3 Å². The van der Waals surface area contributed by atoms with Crippen LogP contribution in [0.1, 0.15) is 4.88 Å². The number of thiophene rings is 1. The van der Waals surface area contributed by atoms with Gasteiger partial charge in [0, 0.05) is 16.4 Å². The number of hydrogen-bond donors (Lipinski definition) is 1. The Hall–Kier alpha value is -0.880. The first kappa shape index (κ1) is 13.5. The molecule has 2 aromatic rings. The summed E-state index contributed by atoms with van der Waals surface area (Å²) in [5.74, 6) is 0. The third-order valence-corrected chi connectivity index (χ3v) is 5.03. The minimum absolute atomic E-state index is 0.234. The van der Waals surface area contributed by atoms with Crippen molar-refractivity contribution >= 4 is 33.0 Å². The Morgan fingerprint density at radius 3 is 2.50 bits per heavy atom. The van der Waals surface area contributed by atoms with Crippen molar-refractivity contribution in [2.24, 2.45) is 0 Å². The zero-order valence-corrected chi connectivity index (χ0v) is 11.9. The molecule has 0 fully saturated rings. The molecule has 0 saturated carbocycles. The molecule has 1 heterocycles. The van der Waals surface area contributed by atoms with Crippen molar-refractivity contribution in [1.82, 2.24) is 4.72 Å². The fourth-order valence-electron chi connectivity index (χ4n) is 1.46. The van der Waals surface area contributed by atoms with Crippen molar-refractivity contribution in [2.75, 3.05) is 6.54 Å². The van der Waals surface area contributed by atoms with E-state index in [-0.39, 0.29) is 4.90 Å². The number of halogens is 1. The maximum Gasteiger partial charge on any atom is 0.240 e. The lowest BCUT2D eigenvalue weighted by atomic mass is 10.3. The van der Waals surface area contributed by atoms with Gasteiger partial charge in [-0.1, -0.05) is 17.7 Å². The van der Waals surface area contributed by atoms with E-state index in [9.17, 15) is 8.42 Å². The van der Waals surface area contributed by atoms with Gasteiger partial charge in [0.15, 0.2) is 0 Å². The highest BCUT2D eigenvalue weighted by Crippen LogP contribution is 2.14. The summed E-state index contributed by atoms with van der Waals surface area (Å²) >= 11 is 7.34. The Bertz CT molecular complexity index is 592. The van der Waals surface area contributed by atoms with E-state index in [0.29, 0.717) is 18.0 Å². The molecule has 0 aliphatic carbocycles. The summed E-state index contributed by atoms with van der Waals surface area (Å²) in [4.78, 5) is 1.40. The second-order valence-electron chi connectivity index (χ2n) is 3.68. The topological polar surface area (TPSA) is 46.2 Å². The molecule has 1 aromatic heterocycles. The highest BCUT2D eigenvalue weighted by Gasteiger charge is 2.12. The molecule has 96 valence electrons. The van der Waals surface area contributed by atoms with E-state index < -0.39 is 10.0 Å². The van der Waals surface area contributed by atoms with Crippen LogP contribution in [0.4, 0.5) is 0 Å². The van der Waals surface area contributed by atoms with Crippen molar-refractivity contribution < 1.29 is 8.42 Å². The fourth-order valence-corrected chi connectivity index (χ4v) is 3.33. The molecule has 0 amide bonds. The van der Waals surface area contributed by atoms with Gasteiger partial charge in [-0.3, -0.25) is 0 Å². The Morgan fingerprint density at radius 1 is 1.17 bits per heavy atom. The minimum Gasteiger partial charge on any atom is -0.211 e. The van der Waals surface area contributed by atoms with Crippen LogP contribution < -0.4 is 4.72 Å². The van der Waals surface area contributed by atoms with Crippen LogP contribution in [0.3, 0.4) is 0 Å². The first-order valence-electron chi connectivity index (χ1n) is 5.35. The van der Waals surface area contributed by atoms with E-state index in [4.69, 9.17) is 11.6 Å². The van der Waals surface area contributed by atoms with Crippen molar-refractivity contribution in [3.8, 4) is 0 Å². The van der Waals surface area contributed by atoms with Crippen LogP contribution in [0.15, 0.2) is 46.7 Å². The fraction of sp³-hybridized carbons (Fsp3) is 0.167. The molecule has 0 spiro atoms. The van der Waals surface area contributed by atoms with E-state index in [2.05, 4.69) is 4.72 Å². The molecule has 0 aliphatic heterocycles. The average Bonchev–Trinajstić information content (AvgIpc) is 2.82. The summed E-state index contributed by atoms with van der Waals surface area (Å²) in [5.41, 5.74) is 0. The number of sulfonamides is 1. The van der Waals surface area contributed by atoms with Crippen LogP contribution in [0.5, 0.6) is 0 Å². The molecule has 18 heavy (non-hydrogen) atoms. The molecule has 0 bridgehead atoms. The molecule has 6 heteroatoms. The molecular weight excluding hydrogens is 290 g/mol. The zero-order chi connectivity index (χ0) is 13.0. The van der Waals surface area contributed by atoms with Crippen molar-refractivity contribution in [3.05, 3.63) is 51.7 Å². The van der Waals surface area contributed by atoms with Crippen molar-refractivity contribution in [1.29, 1.82) is 0 Å². The van der Waals surface area contributed by atoms with E-state index in [0.717, 1.165) is 4.88 Å². The van der Waals surface area contributed by atoms with Gasteiger partial charge in [0.05, 0.1) is 4.90 Å². The van der Waals surface area contributed by atoms with Gasteiger partial charge in [-0.25, -0.2) is 13.1 Å². The number of hydrogen-bond acceptors (Lipinski definition) is 3. The molecule has 0 radical (unpaired) electrons. The summed E-state index contributed by atoms with van der Waals surface area (Å²) in [7, 11) is -3.43. The first-order chi connectivity index (χ1) is 8.58. The number of nitrogens with one attached hydrogen (secondary N) is 1. The van der Waals surface area contributed by atoms with Crippen molar-refractivity contribution in [3.63, 3.8) is 0 Å². The maximum atomic E-state index is 11.9. The highest BCUT2D eigenvalue weighted by atomic mass is 35.5. The Balaban J connectivity index is 1.97. The van der Waals surface area contributed by atoms with E-state index >= 15 is 0 Å². The summed E-state index contributed by atoms with van der Waals surface area (Å²) in [6.45, 7) is 0.394. The standard InChI is InChI=1S/C12H12ClNO2S2/c13-10-3-5-12(6-4-10)18(15,16)14-8-7-11-2-1-9-17-11/h1-6,9,14H,7-8H2. The van der Waals surface area contributed by atoms with Crippen LogP contribution in [-0.4, -0.2) is 15.0 Å². The third kappa shape index (κ3) is 3.55. The van der Waals surface area contributed by atoms with E-state index in [1.165, 1.54) is 12.1 Å². The van der Waals surface area contributed by atoms with Crippen LogP contribution in [0.25, 0.3) is 0 Å². The molecule has 0 aliphatic rings. The van der Waals surface area contributed by atoms with Crippen LogP contribution in [0.2, 0.25) is 5.02 Å².